The van der Waals surface area contributed by atoms with Gasteiger partial charge in [-0.2, -0.15) is 0 Å². The molecule has 138 valence electrons. The largest absolute Gasteiger partial charge is 0.360 e. The van der Waals surface area contributed by atoms with Crippen molar-refractivity contribution in [3.63, 3.8) is 0 Å². The minimum absolute atomic E-state index is 0.159. The molecule has 0 aliphatic carbocycles. The summed E-state index contributed by atoms with van der Waals surface area (Å²) in [6, 6.07) is 13.8. The van der Waals surface area contributed by atoms with E-state index in [4.69, 9.17) is 0 Å². The first-order chi connectivity index (χ1) is 13.8. The summed E-state index contributed by atoms with van der Waals surface area (Å²) >= 11 is 0. The molecule has 28 heavy (non-hydrogen) atoms. The van der Waals surface area contributed by atoms with Crippen LogP contribution in [0.4, 0.5) is 11.5 Å². The molecule has 5 rings (SSSR count). The normalized spacial score (nSPS) is 13.4. The predicted octanol–water partition coefficient (Wildman–Crippen LogP) is 4.09. The molecule has 1 aliphatic heterocycles. The van der Waals surface area contributed by atoms with Crippen molar-refractivity contribution in [3.05, 3.63) is 72.8 Å². The minimum Gasteiger partial charge on any atom is -0.360 e. The lowest BCUT2D eigenvalue weighted by atomic mass is 10.0. The lowest BCUT2D eigenvalue weighted by molar-refractivity contribution is 0.102. The van der Waals surface area contributed by atoms with Crippen molar-refractivity contribution < 1.29 is 4.79 Å². The van der Waals surface area contributed by atoms with Crippen LogP contribution in [0.15, 0.2) is 67.3 Å². The van der Waals surface area contributed by atoms with E-state index >= 15 is 0 Å². The number of aromatic nitrogens is 3. The van der Waals surface area contributed by atoms with E-state index in [2.05, 4.69) is 25.2 Å². The zero-order valence-electron chi connectivity index (χ0n) is 15.2. The number of benzene rings is 1. The number of nitrogens with zero attached hydrogens (tertiary/aromatic N) is 3. The number of H-pyrrole nitrogens is 1. The van der Waals surface area contributed by atoms with Gasteiger partial charge in [0.1, 0.15) is 5.82 Å². The molecule has 6 heteroatoms. The average Bonchev–Trinajstić information content (AvgIpc) is 3.12. The highest BCUT2D eigenvalue weighted by molar-refractivity contribution is 6.13. The van der Waals surface area contributed by atoms with Crippen LogP contribution in [0.2, 0.25) is 0 Å². The van der Waals surface area contributed by atoms with E-state index < -0.39 is 0 Å². The summed E-state index contributed by atoms with van der Waals surface area (Å²) in [4.78, 5) is 26.9. The molecule has 0 atom stereocenters. The fraction of sp³-hybridized carbons (Fsp3) is 0.136. The van der Waals surface area contributed by atoms with E-state index in [0.717, 1.165) is 40.9 Å². The zero-order valence-corrected chi connectivity index (χ0v) is 15.2. The molecule has 0 unspecified atom stereocenters. The van der Waals surface area contributed by atoms with E-state index in [1.54, 1.807) is 18.6 Å². The second-order valence-corrected chi connectivity index (χ2v) is 6.90. The van der Waals surface area contributed by atoms with Gasteiger partial charge in [0.05, 0.1) is 17.4 Å². The molecule has 1 saturated heterocycles. The van der Waals surface area contributed by atoms with Gasteiger partial charge in [-0.25, -0.2) is 4.98 Å². The second-order valence-electron chi connectivity index (χ2n) is 6.90. The van der Waals surface area contributed by atoms with Crippen LogP contribution in [0.3, 0.4) is 0 Å². The summed E-state index contributed by atoms with van der Waals surface area (Å²) in [7, 11) is 0. The Bertz CT molecular complexity index is 1130. The van der Waals surface area contributed by atoms with Gasteiger partial charge in [-0.1, -0.05) is 12.1 Å². The van der Waals surface area contributed by atoms with Crippen LogP contribution in [-0.2, 0) is 0 Å². The Morgan fingerprint density at radius 3 is 2.71 bits per heavy atom. The van der Waals surface area contributed by atoms with E-state index in [1.165, 1.54) is 6.42 Å². The quantitative estimate of drug-likeness (QED) is 0.568. The summed E-state index contributed by atoms with van der Waals surface area (Å²) in [5, 5.41) is 3.82. The summed E-state index contributed by atoms with van der Waals surface area (Å²) in [5.41, 5.74) is 4.25. The molecular weight excluding hydrogens is 350 g/mol. The van der Waals surface area contributed by atoms with Crippen molar-refractivity contribution >= 4 is 28.3 Å². The van der Waals surface area contributed by atoms with Crippen molar-refractivity contribution in [1.82, 2.24) is 15.0 Å². The van der Waals surface area contributed by atoms with E-state index in [1.807, 2.05) is 48.7 Å². The molecule has 1 aliphatic rings. The maximum Gasteiger partial charge on any atom is 0.257 e. The molecule has 1 aromatic carbocycles. The van der Waals surface area contributed by atoms with Crippen LogP contribution in [0.1, 0.15) is 16.8 Å². The van der Waals surface area contributed by atoms with Gasteiger partial charge in [0.2, 0.25) is 0 Å². The van der Waals surface area contributed by atoms with Gasteiger partial charge in [0, 0.05) is 48.1 Å². The number of hydrogen-bond donors (Lipinski definition) is 2. The number of aromatic amines is 1. The van der Waals surface area contributed by atoms with Crippen LogP contribution < -0.4 is 10.2 Å². The van der Waals surface area contributed by atoms with Gasteiger partial charge in [-0.15, -0.1) is 0 Å². The first-order valence-electron chi connectivity index (χ1n) is 9.32. The Morgan fingerprint density at radius 1 is 1.07 bits per heavy atom. The SMILES string of the molecule is O=C(Nc1ccc(N2CCC2)nc1)c1c[nH]c2ccc(-c3cccnc3)cc12. The Balaban J connectivity index is 1.41. The van der Waals surface area contributed by atoms with Gasteiger partial charge in [0.25, 0.3) is 5.91 Å². The minimum atomic E-state index is -0.159. The molecule has 0 bridgehead atoms. The number of anilines is 2. The van der Waals surface area contributed by atoms with Gasteiger partial charge in [0.15, 0.2) is 0 Å². The number of carbonyl (C=O) groups is 1. The Labute approximate surface area is 162 Å². The maximum absolute atomic E-state index is 12.8. The number of fused-ring (bicyclic) bond motifs is 1. The number of hydrogen-bond acceptors (Lipinski definition) is 4. The van der Waals surface area contributed by atoms with Gasteiger partial charge in [-0.3, -0.25) is 9.78 Å². The van der Waals surface area contributed by atoms with Gasteiger partial charge >= 0.3 is 0 Å². The van der Waals surface area contributed by atoms with E-state index in [9.17, 15) is 4.79 Å². The molecule has 1 fully saturated rings. The summed E-state index contributed by atoms with van der Waals surface area (Å²) in [6.07, 6.45) is 8.23. The molecule has 2 N–H and O–H groups in total. The van der Waals surface area contributed by atoms with Crippen molar-refractivity contribution in [1.29, 1.82) is 0 Å². The topological polar surface area (TPSA) is 73.9 Å². The zero-order chi connectivity index (χ0) is 18.9. The third-order valence-electron chi connectivity index (χ3n) is 5.11. The molecule has 0 radical (unpaired) electrons. The maximum atomic E-state index is 12.8. The molecule has 3 aromatic heterocycles. The molecular formula is C22H19N5O. The summed E-state index contributed by atoms with van der Waals surface area (Å²) in [5.74, 6) is 0.797. The fourth-order valence-corrected chi connectivity index (χ4v) is 3.41. The third kappa shape index (κ3) is 2.99. The van der Waals surface area contributed by atoms with Gasteiger partial charge < -0.3 is 15.2 Å². The van der Waals surface area contributed by atoms with Crippen molar-refractivity contribution in [2.24, 2.45) is 0 Å². The lowest BCUT2D eigenvalue weighted by Gasteiger charge is -2.31. The number of carbonyl (C=O) groups excluding carboxylic acids is 1. The average molecular weight is 369 g/mol. The number of amides is 1. The first-order valence-corrected chi connectivity index (χ1v) is 9.32. The molecule has 0 saturated carbocycles. The van der Waals surface area contributed by atoms with Crippen molar-refractivity contribution in [3.8, 4) is 11.1 Å². The van der Waals surface area contributed by atoms with Crippen molar-refractivity contribution in [2.75, 3.05) is 23.3 Å². The predicted molar refractivity (Wildman–Crippen MR) is 111 cm³/mol. The highest BCUT2D eigenvalue weighted by Gasteiger charge is 2.16. The van der Waals surface area contributed by atoms with Crippen LogP contribution in [0.25, 0.3) is 22.0 Å². The number of pyridine rings is 2. The van der Waals surface area contributed by atoms with Crippen LogP contribution in [-0.4, -0.2) is 33.9 Å². The standard InChI is InChI=1S/C22H19N5O/c28-22(26-17-5-7-21(25-13-17)27-9-2-10-27)19-14-24-20-6-4-15(11-18(19)20)16-3-1-8-23-12-16/h1,3-8,11-14,24H,2,9-10H2,(H,26,28). The monoisotopic (exact) mass is 369 g/mol. The van der Waals surface area contributed by atoms with Crippen LogP contribution >= 0.6 is 0 Å². The second kappa shape index (κ2) is 6.81. The summed E-state index contributed by atoms with van der Waals surface area (Å²) in [6.45, 7) is 2.10. The van der Waals surface area contributed by atoms with Crippen LogP contribution in [0.5, 0.6) is 0 Å². The number of nitrogens with one attached hydrogen (secondary N) is 2. The third-order valence-corrected chi connectivity index (χ3v) is 5.11. The highest BCUT2D eigenvalue weighted by atomic mass is 16.1. The molecule has 4 heterocycles. The van der Waals surface area contributed by atoms with Crippen LogP contribution in [0, 0.1) is 0 Å². The van der Waals surface area contributed by atoms with Gasteiger partial charge in [-0.05, 0) is 42.3 Å². The molecule has 6 nitrogen and oxygen atoms in total. The summed E-state index contributed by atoms with van der Waals surface area (Å²) < 4.78 is 0. The Kier molecular flexibility index (Phi) is 4.01. The van der Waals surface area contributed by atoms with E-state index in [0.29, 0.717) is 11.3 Å². The smallest absolute Gasteiger partial charge is 0.257 e. The first kappa shape index (κ1) is 16.5. The highest BCUT2D eigenvalue weighted by Crippen LogP contribution is 2.27. The molecule has 0 spiro atoms. The Hall–Kier alpha value is -3.67. The fourth-order valence-electron chi connectivity index (χ4n) is 3.41. The molecule has 4 aromatic rings. The number of rotatable bonds is 4. The lowest BCUT2D eigenvalue weighted by Crippen LogP contribution is -2.37. The Morgan fingerprint density at radius 2 is 2.00 bits per heavy atom. The van der Waals surface area contributed by atoms with Crippen molar-refractivity contribution in [2.45, 2.75) is 6.42 Å². The van der Waals surface area contributed by atoms with E-state index in [-0.39, 0.29) is 5.91 Å². The molecule has 1 amide bonds.